The van der Waals surface area contributed by atoms with E-state index in [1.165, 1.54) is 21.9 Å². The van der Waals surface area contributed by atoms with E-state index >= 15 is 0 Å². The number of carbonyl (C=O) groups is 1. The topological polar surface area (TPSA) is 29.5 Å². The molecule has 0 aromatic heterocycles. The number of hydrogen-bond acceptors (Lipinski definition) is 2. The van der Waals surface area contributed by atoms with Crippen molar-refractivity contribution >= 4 is 22.4 Å². The van der Waals surface area contributed by atoms with Gasteiger partial charge < -0.3 is 9.64 Å². The fourth-order valence-electron chi connectivity index (χ4n) is 5.29. The average molecular weight is 464 g/mol. The zero-order valence-corrected chi connectivity index (χ0v) is 20.8. The Kier molecular flexibility index (Phi) is 6.59. The van der Waals surface area contributed by atoms with E-state index in [9.17, 15) is 4.79 Å². The van der Waals surface area contributed by atoms with Gasteiger partial charge >= 0.3 is 0 Å². The Bertz CT molecular complexity index is 1330. The third kappa shape index (κ3) is 4.68. The molecule has 178 valence electrons. The van der Waals surface area contributed by atoms with Crippen LogP contribution in [0.25, 0.3) is 10.8 Å². The van der Waals surface area contributed by atoms with Gasteiger partial charge in [0, 0.05) is 5.69 Å². The van der Waals surface area contributed by atoms with Crippen molar-refractivity contribution in [2.75, 3.05) is 12.0 Å². The molecule has 5 rings (SSSR count). The van der Waals surface area contributed by atoms with Gasteiger partial charge in [0.2, 0.25) is 5.91 Å². The van der Waals surface area contributed by atoms with Gasteiger partial charge in [0.25, 0.3) is 0 Å². The zero-order valence-electron chi connectivity index (χ0n) is 20.8. The molecule has 0 radical (unpaired) electrons. The predicted molar refractivity (Wildman–Crippen MR) is 144 cm³/mol. The Balaban J connectivity index is 1.57. The Hall–Kier alpha value is -3.59. The first-order chi connectivity index (χ1) is 17.0. The Morgan fingerprint density at radius 3 is 2.51 bits per heavy atom. The quantitative estimate of drug-likeness (QED) is 0.294. The van der Waals surface area contributed by atoms with E-state index in [1.54, 1.807) is 7.11 Å². The van der Waals surface area contributed by atoms with E-state index in [2.05, 4.69) is 92.7 Å². The first-order valence-corrected chi connectivity index (χ1v) is 12.6. The highest BCUT2D eigenvalue weighted by atomic mass is 16.5. The molecule has 3 nitrogen and oxygen atoms in total. The maximum Gasteiger partial charge on any atom is 0.234 e. The summed E-state index contributed by atoms with van der Waals surface area (Å²) in [6.07, 6.45) is 2.88. The summed E-state index contributed by atoms with van der Waals surface area (Å²) in [7, 11) is 1.68. The standard InChI is InChI=1S/C32H33NO2/c1-22(2)23-14-17-27(18-15-23)33(21-26-11-6-9-24-8-4-5-12-29(24)26)32(34)30-13-7-10-25-16-19-28(35-3)20-31(25)30/h4-6,8-9,11-12,14-20,22,30H,7,10,13,21H2,1-3H3. The van der Waals surface area contributed by atoms with E-state index in [4.69, 9.17) is 4.74 Å². The lowest BCUT2D eigenvalue weighted by atomic mass is 9.81. The third-order valence-electron chi connectivity index (χ3n) is 7.31. The van der Waals surface area contributed by atoms with Gasteiger partial charge in [0.1, 0.15) is 5.75 Å². The van der Waals surface area contributed by atoms with E-state index in [0.717, 1.165) is 41.8 Å². The fraction of sp³-hybridized carbons (Fsp3) is 0.281. The highest BCUT2D eigenvalue weighted by Gasteiger charge is 2.31. The van der Waals surface area contributed by atoms with Gasteiger partial charge in [-0.3, -0.25) is 4.79 Å². The van der Waals surface area contributed by atoms with Crippen molar-refractivity contribution in [1.82, 2.24) is 0 Å². The molecule has 0 bridgehead atoms. The summed E-state index contributed by atoms with van der Waals surface area (Å²) < 4.78 is 5.51. The van der Waals surface area contributed by atoms with Crippen LogP contribution in [0.2, 0.25) is 0 Å². The molecule has 1 amide bonds. The van der Waals surface area contributed by atoms with Gasteiger partial charge in [0.15, 0.2) is 0 Å². The first kappa shape index (κ1) is 23.2. The molecule has 0 aliphatic heterocycles. The molecule has 4 aromatic rings. The van der Waals surface area contributed by atoms with Gasteiger partial charge in [0.05, 0.1) is 19.6 Å². The molecule has 0 saturated carbocycles. The molecular weight excluding hydrogens is 430 g/mol. The summed E-state index contributed by atoms with van der Waals surface area (Å²) >= 11 is 0. The minimum atomic E-state index is -0.173. The number of aryl methyl sites for hydroxylation is 1. The molecule has 0 N–H and O–H groups in total. The summed E-state index contributed by atoms with van der Waals surface area (Å²) in [4.78, 5) is 16.3. The Labute approximate surface area is 208 Å². The molecule has 1 aliphatic rings. The number of amides is 1. The maximum absolute atomic E-state index is 14.3. The lowest BCUT2D eigenvalue weighted by molar-refractivity contribution is -0.120. The van der Waals surface area contributed by atoms with Crippen LogP contribution in [0.5, 0.6) is 5.75 Å². The largest absolute Gasteiger partial charge is 0.497 e. The SMILES string of the molecule is COc1ccc2c(c1)C(C(=O)N(Cc1cccc3ccccc13)c1ccc(C(C)C)cc1)CCC2. The van der Waals surface area contributed by atoms with Crippen molar-refractivity contribution in [3.63, 3.8) is 0 Å². The van der Waals surface area contributed by atoms with Crippen molar-refractivity contribution < 1.29 is 9.53 Å². The maximum atomic E-state index is 14.3. The predicted octanol–water partition coefficient (Wildman–Crippen LogP) is 7.63. The lowest BCUT2D eigenvalue weighted by Gasteiger charge is -2.32. The molecular formula is C32H33NO2. The summed E-state index contributed by atoms with van der Waals surface area (Å²) in [5.41, 5.74) is 5.76. The number of benzene rings is 4. The number of rotatable bonds is 6. The normalized spacial score (nSPS) is 15.1. The fourth-order valence-corrected chi connectivity index (χ4v) is 5.29. The van der Waals surface area contributed by atoms with Crippen molar-refractivity contribution in [2.24, 2.45) is 0 Å². The number of methoxy groups -OCH3 is 1. The molecule has 0 saturated heterocycles. The second-order valence-corrected chi connectivity index (χ2v) is 9.82. The average Bonchev–Trinajstić information content (AvgIpc) is 2.90. The molecule has 1 aliphatic carbocycles. The van der Waals surface area contributed by atoms with Crippen LogP contribution in [0.3, 0.4) is 0 Å². The minimum absolute atomic E-state index is 0.157. The van der Waals surface area contributed by atoms with Crippen LogP contribution < -0.4 is 9.64 Å². The number of anilines is 1. The van der Waals surface area contributed by atoms with Crippen LogP contribution in [-0.4, -0.2) is 13.0 Å². The monoisotopic (exact) mass is 463 g/mol. The minimum Gasteiger partial charge on any atom is -0.497 e. The van der Waals surface area contributed by atoms with Crippen molar-refractivity contribution in [3.8, 4) is 5.75 Å². The van der Waals surface area contributed by atoms with E-state index in [-0.39, 0.29) is 11.8 Å². The lowest BCUT2D eigenvalue weighted by Crippen LogP contribution is -2.36. The summed E-state index contributed by atoms with van der Waals surface area (Å²) in [6, 6.07) is 29.5. The van der Waals surface area contributed by atoms with Crippen LogP contribution >= 0.6 is 0 Å². The van der Waals surface area contributed by atoms with Crippen LogP contribution in [-0.2, 0) is 17.8 Å². The van der Waals surface area contributed by atoms with Crippen molar-refractivity contribution in [3.05, 3.63) is 107 Å². The molecule has 35 heavy (non-hydrogen) atoms. The Morgan fingerprint density at radius 1 is 0.971 bits per heavy atom. The van der Waals surface area contributed by atoms with Crippen LogP contribution in [0, 0.1) is 0 Å². The molecule has 0 fully saturated rings. The van der Waals surface area contributed by atoms with E-state index < -0.39 is 0 Å². The van der Waals surface area contributed by atoms with Crippen LogP contribution in [0.1, 0.15) is 60.8 Å². The van der Waals surface area contributed by atoms with Gasteiger partial charge in [-0.25, -0.2) is 0 Å². The van der Waals surface area contributed by atoms with Gasteiger partial charge in [-0.05, 0) is 82.5 Å². The zero-order chi connectivity index (χ0) is 24.4. The number of hydrogen-bond donors (Lipinski definition) is 0. The van der Waals surface area contributed by atoms with Gasteiger partial charge in [-0.2, -0.15) is 0 Å². The number of nitrogens with zero attached hydrogens (tertiary/aromatic N) is 1. The highest BCUT2D eigenvalue weighted by Crippen LogP contribution is 2.37. The molecule has 4 aromatic carbocycles. The van der Waals surface area contributed by atoms with E-state index in [1.807, 2.05) is 11.0 Å². The molecule has 1 unspecified atom stereocenters. The van der Waals surface area contributed by atoms with Crippen LogP contribution in [0.15, 0.2) is 84.9 Å². The first-order valence-electron chi connectivity index (χ1n) is 12.6. The number of ether oxygens (including phenoxy) is 1. The summed E-state index contributed by atoms with van der Waals surface area (Å²) in [5.74, 6) is 1.24. The van der Waals surface area contributed by atoms with Gasteiger partial charge in [-0.1, -0.05) is 74.5 Å². The van der Waals surface area contributed by atoms with E-state index in [0.29, 0.717) is 12.5 Å². The second-order valence-electron chi connectivity index (χ2n) is 9.82. The highest BCUT2D eigenvalue weighted by molar-refractivity contribution is 5.99. The number of carbonyl (C=O) groups excluding carboxylic acids is 1. The Morgan fingerprint density at radius 2 is 1.74 bits per heavy atom. The summed E-state index contributed by atoms with van der Waals surface area (Å²) in [6.45, 7) is 4.93. The smallest absolute Gasteiger partial charge is 0.234 e. The number of fused-ring (bicyclic) bond motifs is 2. The molecule has 0 heterocycles. The second kappa shape index (κ2) is 9.95. The van der Waals surface area contributed by atoms with Crippen LogP contribution in [0.4, 0.5) is 5.69 Å². The van der Waals surface area contributed by atoms with Crippen molar-refractivity contribution in [1.29, 1.82) is 0 Å². The molecule has 1 atom stereocenters. The molecule has 3 heteroatoms. The van der Waals surface area contributed by atoms with Gasteiger partial charge in [-0.15, -0.1) is 0 Å². The molecule has 0 spiro atoms. The van der Waals surface area contributed by atoms with Crippen molar-refractivity contribution in [2.45, 2.75) is 51.5 Å². The third-order valence-corrected chi connectivity index (χ3v) is 7.31. The summed E-state index contributed by atoms with van der Waals surface area (Å²) in [5, 5.41) is 2.39.